The molecule has 0 atom stereocenters. The summed E-state index contributed by atoms with van der Waals surface area (Å²) in [6.07, 6.45) is 2.71. The molecule has 0 spiro atoms. The van der Waals surface area contributed by atoms with Crippen molar-refractivity contribution in [3.63, 3.8) is 0 Å². The van der Waals surface area contributed by atoms with Crippen molar-refractivity contribution in [3.05, 3.63) is 18.5 Å². The number of rotatable bonds is 2. The van der Waals surface area contributed by atoms with Gasteiger partial charge in [0.05, 0.1) is 0 Å². The van der Waals surface area contributed by atoms with Crippen LogP contribution < -0.4 is 0 Å². The SMILES string of the molecule is O=S(=O)(CCl)c1ncccn1. The van der Waals surface area contributed by atoms with Crippen molar-refractivity contribution in [2.75, 3.05) is 5.21 Å². The van der Waals surface area contributed by atoms with Crippen molar-refractivity contribution in [2.24, 2.45) is 0 Å². The van der Waals surface area contributed by atoms with Gasteiger partial charge in [-0.1, -0.05) is 0 Å². The van der Waals surface area contributed by atoms with Gasteiger partial charge in [-0.15, -0.1) is 11.6 Å². The van der Waals surface area contributed by atoms with Gasteiger partial charge in [-0.05, 0) is 6.07 Å². The van der Waals surface area contributed by atoms with Gasteiger partial charge in [-0.25, -0.2) is 18.4 Å². The third kappa shape index (κ3) is 1.87. The molecule has 1 heterocycles. The van der Waals surface area contributed by atoms with Crippen LogP contribution in [0.4, 0.5) is 0 Å². The molecular weight excluding hydrogens is 188 g/mol. The molecule has 0 saturated carbocycles. The summed E-state index contributed by atoms with van der Waals surface area (Å²) in [7, 11) is -3.45. The lowest BCUT2D eigenvalue weighted by molar-refractivity contribution is 0.591. The first-order valence-electron chi connectivity index (χ1n) is 2.72. The second kappa shape index (κ2) is 3.15. The van der Waals surface area contributed by atoms with E-state index in [2.05, 4.69) is 9.97 Å². The summed E-state index contributed by atoms with van der Waals surface area (Å²) < 4.78 is 21.9. The van der Waals surface area contributed by atoms with Gasteiger partial charge >= 0.3 is 0 Å². The molecular formula is C5H5ClN2O2S. The van der Waals surface area contributed by atoms with Crippen molar-refractivity contribution >= 4 is 21.4 Å². The predicted octanol–water partition coefficient (Wildman–Crippen LogP) is 0.447. The van der Waals surface area contributed by atoms with E-state index in [-0.39, 0.29) is 5.16 Å². The fourth-order valence-corrected chi connectivity index (χ4v) is 1.33. The van der Waals surface area contributed by atoms with Crippen molar-refractivity contribution in [2.45, 2.75) is 5.16 Å². The molecule has 6 heteroatoms. The summed E-state index contributed by atoms with van der Waals surface area (Å²) in [6, 6.07) is 1.53. The van der Waals surface area contributed by atoms with Gasteiger partial charge in [0.15, 0.2) is 0 Å². The molecule has 0 aliphatic heterocycles. The Kier molecular flexibility index (Phi) is 2.41. The minimum absolute atomic E-state index is 0.227. The molecule has 0 saturated heterocycles. The number of aromatic nitrogens is 2. The van der Waals surface area contributed by atoms with Crippen LogP contribution in [0.2, 0.25) is 0 Å². The molecule has 0 bridgehead atoms. The van der Waals surface area contributed by atoms with Crippen LogP contribution in [0.1, 0.15) is 0 Å². The Morgan fingerprint density at radius 3 is 2.36 bits per heavy atom. The maximum atomic E-state index is 10.9. The van der Waals surface area contributed by atoms with E-state index in [1.807, 2.05) is 0 Å². The molecule has 1 rings (SSSR count). The van der Waals surface area contributed by atoms with Gasteiger partial charge in [0.1, 0.15) is 5.21 Å². The molecule has 0 aliphatic rings. The molecule has 1 aromatic heterocycles. The number of halogens is 1. The smallest absolute Gasteiger partial charge is 0.227 e. The first-order chi connectivity index (χ1) is 5.17. The summed E-state index contributed by atoms with van der Waals surface area (Å²) in [6.45, 7) is 0. The molecule has 0 aliphatic carbocycles. The number of alkyl halides is 1. The van der Waals surface area contributed by atoms with E-state index >= 15 is 0 Å². The Morgan fingerprint density at radius 2 is 1.91 bits per heavy atom. The van der Waals surface area contributed by atoms with Crippen molar-refractivity contribution < 1.29 is 8.42 Å². The van der Waals surface area contributed by atoms with E-state index < -0.39 is 15.0 Å². The topological polar surface area (TPSA) is 59.9 Å². The molecule has 0 radical (unpaired) electrons. The highest BCUT2D eigenvalue weighted by molar-refractivity contribution is 7.92. The van der Waals surface area contributed by atoms with Gasteiger partial charge in [0.2, 0.25) is 15.0 Å². The largest absolute Gasteiger partial charge is 0.248 e. The monoisotopic (exact) mass is 192 g/mol. The minimum atomic E-state index is -3.45. The van der Waals surface area contributed by atoms with Gasteiger partial charge in [0.25, 0.3) is 0 Å². The molecule has 60 valence electrons. The lowest BCUT2D eigenvalue weighted by Crippen LogP contribution is -2.06. The zero-order valence-corrected chi connectivity index (χ0v) is 7.01. The second-order valence-electron chi connectivity index (χ2n) is 1.76. The Balaban J connectivity index is 3.14. The van der Waals surface area contributed by atoms with Crippen molar-refractivity contribution in [3.8, 4) is 0 Å². The molecule has 4 nitrogen and oxygen atoms in total. The number of hydrogen-bond acceptors (Lipinski definition) is 4. The first kappa shape index (κ1) is 8.42. The summed E-state index contributed by atoms with van der Waals surface area (Å²) in [5.41, 5.74) is 0. The normalized spacial score (nSPS) is 11.4. The van der Waals surface area contributed by atoms with Crippen LogP contribution in [0.5, 0.6) is 0 Å². The highest BCUT2D eigenvalue weighted by Gasteiger charge is 2.14. The quantitative estimate of drug-likeness (QED) is 0.504. The average molecular weight is 193 g/mol. The average Bonchev–Trinajstić information content (AvgIpc) is 2.06. The van der Waals surface area contributed by atoms with Crippen LogP contribution in [0, 0.1) is 0 Å². The van der Waals surface area contributed by atoms with E-state index in [4.69, 9.17) is 11.6 Å². The lowest BCUT2D eigenvalue weighted by atomic mass is 10.7. The number of sulfone groups is 1. The van der Waals surface area contributed by atoms with Crippen LogP contribution in [-0.2, 0) is 9.84 Å². The van der Waals surface area contributed by atoms with Crippen LogP contribution in [0.3, 0.4) is 0 Å². The number of hydrogen-bond donors (Lipinski definition) is 0. The predicted molar refractivity (Wildman–Crippen MR) is 39.9 cm³/mol. The van der Waals surface area contributed by atoms with Crippen molar-refractivity contribution in [1.82, 2.24) is 9.97 Å². The molecule has 0 amide bonds. The maximum absolute atomic E-state index is 10.9. The van der Waals surface area contributed by atoms with Gasteiger partial charge in [0, 0.05) is 12.4 Å². The van der Waals surface area contributed by atoms with Crippen molar-refractivity contribution in [1.29, 1.82) is 0 Å². The standard InChI is InChI=1S/C5H5ClN2O2S/c6-4-11(9,10)5-7-2-1-3-8-5/h1-3H,4H2. The highest BCUT2D eigenvalue weighted by atomic mass is 35.5. The first-order valence-corrected chi connectivity index (χ1v) is 4.91. The van der Waals surface area contributed by atoms with E-state index in [9.17, 15) is 8.42 Å². The van der Waals surface area contributed by atoms with Crippen LogP contribution in [0.25, 0.3) is 0 Å². The zero-order chi connectivity index (χ0) is 8.32. The van der Waals surface area contributed by atoms with Gasteiger partial charge in [-0.2, -0.15) is 0 Å². The lowest BCUT2D eigenvalue weighted by Gasteiger charge is -1.94. The Hall–Kier alpha value is -0.680. The molecule has 0 fully saturated rings. The minimum Gasteiger partial charge on any atom is -0.227 e. The third-order valence-electron chi connectivity index (χ3n) is 0.964. The van der Waals surface area contributed by atoms with Gasteiger partial charge < -0.3 is 0 Å². The highest BCUT2D eigenvalue weighted by Crippen LogP contribution is 2.03. The van der Waals surface area contributed by atoms with Crippen LogP contribution >= 0.6 is 11.6 Å². The van der Waals surface area contributed by atoms with E-state index in [1.165, 1.54) is 18.5 Å². The Morgan fingerprint density at radius 1 is 1.36 bits per heavy atom. The molecule has 1 aromatic rings. The Bertz CT molecular complexity index is 324. The fourth-order valence-electron chi connectivity index (χ4n) is 0.495. The third-order valence-corrected chi connectivity index (χ3v) is 2.88. The van der Waals surface area contributed by atoms with E-state index in [0.717, 1.165) is 0 Å². The maximum Gasteiger partial charge on any atom is 0.248 e. The summed E-state index contributed by atoms with van der Waals surface area (Å²) in [5.74, 6) is 0. The molecule has 11 heavy (non-hydrogen) atoms. The molecule has 0 unspecified atom stereocenters. The second-order valence-corrected chi connectivity index (χ2v) is 4.22. The zero-order valence-electron chi connectivity index (χ0n) is 5.44. The number of nitrogens with zero attached hydrogens (tertiary/aromatic N) is 2. The fraction of sp³-hybridized carbons (Fsp3) is 0.200. The summed E-state index contributed by atoms with van der Waals surface area (Å²) in [5, 5.41) is -0.716. The summed E-state index contributed by atoms with van der Waals surface area (Å²) >= 11 is 5.16. The molecule has 0 aromatic carbocycles. The summed E-state index contributed by atoms with van der Waals surface area (Å²) in [4.78, 5) is 7.08. The van der Waals surface area contributed by atoms with E-state index in [1.54, 1.807) is 0 Å². The van der Waals surface area contributed by atoms with E-state index in [0.29, 0.717) is 0 Å². The van der Waals surface area contributed by atoms with Crippen LogP contribution in [-0.4, -0.2) is 23.6 Å². The Labute approximate surface area is 69.2 Å². The van der Waals surface area contributed by atoms with Crippen LogP contribution in [0.15, 0.2) is 23.6 Å². The molecule has 0 N–H and O–H groups in total. The van der Waals surface area contributed by atoms with Gasteiger partial charge in [-0.3, -0.25) is 0 Å².